The van der Waals surface area contributed by atoms with Crippen LogP contribution in [0.25, 0.3) is 0 Å². The summed E-state index contributed by atoms with van der Waals surface area (Å²) in [4.78, 5) is 27.8. The van der Waals surface area contributed by atoms with Gasteiger partial charge in [0, 0.05) is 13.1 Å². The third-order valence-corrected chi connectivity index (χ3v) is 6.35. The Hall–Kier alpha value is -2.63. The molecule has 1 saturated heterocycles. The first-order chi connectivity index (χ1) is 16.0. The third kappa shape index (κ3) is 8.02. The molecule has 0 unspecified atom stereocenters. The second-order valence-electron chi connectivity index (χ2n) is 9.25. The first-order valence-corrected chi connectivity index (χ1v) is 12.0. The van der Waals surface area contributed by atoms with Crippen molar-refractivity contribution in [1.29, 1.82) is 5.26 Å². The van der Waals surface area contributed by atoms with Crippen LogP contribution < -0.4 is 10.6 Å². The molecule has 33 heavy (non-hydrogen) atoms. The zero-order chi connectivity index (χ0) is 23.5. The molecule has 3 rings (SSSR count). The molecule has 1 heterocycles. The van der Waals surface area contributed by atoms with Gasteiger partial charge in [-0.15, -0.1) is 0 Å². The molecule has 0 bridgehead atoms. The van der Waals surface area contributed by atoms with Crippen molar-refractivity contribution in [2.24, 2.45) is 5.92 Å². The van der Waals surface area contributed by atoms with Crippen molar-refractivity contribution in [2.75, 3.05) is 32.9 Å². The van der Waals surface area contributed by atoms with E-state index in [0.29, 0.717) is 45.2 Å². The zero-order valence-electron chi connectivity index (χ0n) is 19.6. The lowest BCUT2D eigenvalue weighted by Gasteiger charge is -2.32. The molecule has 1 aromatic carbocycles. The minimum absolute atomic E-state index is 0.0533. The average molecular weight is 457 g/mol. The van der Waals surface area contributed by atoms with E-state index in [9.17, 15) is 14.9 Å². The number of carbonyl (C=O) groups excluding carboxylic acids is 2. The highest BCUT2D eigenvalue weighted by molar-refractivity contribution is 5.87. The van der Waals surface area contributed by atoms with Crippen LogP contribution in [-0.4, -0.2) is 61.3 Å². The first kappa shape index (κ1) is 25.0. The molecule has 8 nitrogen and oxygen atoms in total. The summed E-state index contributed by atoms with van der Waals surface area (Å²) in [5.74, 6) is 0.0525. The monoisotopic (exact) mass is 456 g/mol. The van der Waals surface area contributed by atoms with Gasteiger partial charge >= 0.3 is 6.03 Å². The number of morpholine rings is 1. The lowest BCUT2D eigenvalue weighted by atomic mass is 9.84. The van der Waals surface area contributed by atoms with Crippen LogP contribution in [0.5, 0.6) is 0 Å². The van der Waals surface area contributed by atoms with Gasteiger partial charge in [0.15, 0.2) is 0 Å². The summed E-state index contributed by atoms with van der Waals surface area (Å²) in [6.45, 7) is 4.07. The highest BCUT2D eigenvalue weighted by atomic mass is 16.5. The topological polar surface area (TPSA) is 104 Å². The molecule has 1 saturated carbocycles. The highest BCUT2D eigenvalue weighted by Gasteiger charge is 2.33. The molecule has 8 heteroatoms. The van der Waals surface area contributed by atoms with E-state index in [4.69, 9.17) is 9.47 Å². The molecule has 3 amide bonds. The first-order valence-electron chi connectivity index (χ1n) is 12.0. The number of rotatable bonds is 9. The van der Waals surface area contributed by atoms with E-state index < -0.39 is 11.6 Å². The van der Waals surface area contributed by atoms with Crippen LogP contribution in [0.3, 0.4) is 0 Å². The molecule has 0 spiro atoms. The van der Waals surface area contributed by atoms with Gasteiger partial charge in [-0.05, 0) is 24.8 Å². The predicted molar refractivity (Wildman–Crippen MR) is 124 cm³/mol. The maximum atomic E-state index is 13.3. The Labute approximate surface area is 196 Å². The lowest BCUT2D eigenvalue weighted by molar-refractivity contribution is -0.125. The van der Waals surface area contributed by atoms with Crippen LogP contribution in [0, 0.1) is 17.2 Å². The molecule has 180 valence electrons. The van der Waals surface area contributed by atoms with E-state index in [2.05, 4.69) is 16.7 Å². The van der Waals surface area contributed by atoms with E-state index in [1.54, 1.807) is 11.8 Å². The van der Waals surface area contributed by atoms with E-state index in [0.717, 1.165) is 31.2 Å². The number of hydrogen-bond donors (Lipinski definition) is 2. The number of amides is 3. The minimum atomic E-state index is -1.19. The Balaban J connectivity index is 1.60. The SMILES string of the molecule is C[C@@](C#N)(COCc1ccccc1)NC(=O)[C@H](CC1CCCCC1)NC(=O)N1CCOCC1. The van der Waals surface area contributed by atoms with Crippen LogP contribution in [0.4, 0.5) is 4.79 Å². The van der Waals surface area contributed by atoms with Crippen LogP contribution in [-0.2, 0) is 20.9 Å². The number of nitrogens with one attached hydrogen (secondary N) is 2. The number of urea groups is 1. The maximum absolute atomic E-state index is 13.3. The van der Waals surface area contributed by atoms with Crippen molar-refractivity contribution in [1.82, 2.24) is 15.5 Å². The maximum Gasteiger partial charge on any atom is 0.318 e. The van der Waals surface area contributed by atoms with Crippen LogP contribution in [0.2, 0.25) is 0 Å². The lowest BCUT2D eigenvalue weighted by Crippen LogP contribution is -2.58. The summed E-state index contributed by atoms with van der Waals surface area (Å²) in [6.07, 6.45) is 6.23. The van der Waals surface area contributed by atoms with Crippen molar-refractivity contribution < 1.29 is 19.1 Å². The molecule has 2 N–H and O–H groups in total. The zero-order valence-corrected chi connectivity index (χ0v) is 19.6. The number of ether oxygens (including phenoxy) is 2. The molecule has 0 radical (unpaired) electrons. The van der Waals surface area contributed by atoms with Gasteiger partial charge in [0.1, 0.15) is 11.6 Å². The molecule has 2 atom stereocenters. The van der Waals surface area contributed by atoms with E-state index >= 15 is 0 Å². The van der Waals surface area contributed by atoms with Crippen molar-refractivity contribution in [2.45, 2.75) is 63.6 Å². The molecule has 1 aliphatic carbocycles. The van der Waals surface area contributed by atoms with E-state index in [1.807, 2.05) is 30.3 Å². The Bertz CT molecular complexity index is 800. The Morgan fingerprint density at radius 3 is 2.58 bits per heavy atom. The van der Waals surface area contributed by atoms with Crippen LogP contribution >= 0.6 is 0 Å². The fraction of sp³-hybridized carbons (Fsp3) is 0.640. The molecule has 2 fully saturated rings. The van der Waals surface area contributed by atoms with Crippen molar-refractivity contribution in [3.8, 4) is 6.07 Å². The second kappa shape index (κ2) is 12.6. The van der Waals surface area contributed by atoms with Gasteiger partial charge in [0.2, 0.25) is 5.91 Å². The van der Waals surface area contributed by atoms with Crippen molar-refractivity contribution >= 4 is 11.9 Å². The quantitative estimate of drug-likeness (QED) is 0.595. The number of carbonyl (C=O) groups is 2. The van der Waals surface area contributed by atoms with Crippen LogP contribution in [0.1, 0.15) is 51.0 Å². The normalized spacial score (nSPS) is 19.7. The second-order valence-corrected chi connectivity index (χ2v) is 9.25. The summed E-state index contributed by atoms with van der Waals surface area (Å²) >= 11 is 0. The summed E-state index contributed by atoms with van der Waals surface area (Å²) in [5, 5.41) is 15.5. The number of nitrogens with zero attached hydrogens (tertiary/aromatic N) is 2. The summed E-state index contributed by atoms with van der Waals surface area (Å²) in [5.41, 5.74) is -0.197. The standard InChI is InChI=1S/C25H36N4O4/c1-25(18-26,19-33-17-21-10-6-3-7-11-21)28-23(30)22(16-20-8-4-2-5-9-20)27-24(31)29-12-14-32-15-13-29/h3,6-7,10-11,20,22H,2,4-5,8-9,12-17,19H2,1H3,(H,27,31)(H,28,30)/t22-,25+/m0/s1. The van der Waals surface area contributed by atoms with E-state index in [-0.39, 0.29) is 18.5 Å². The largest absolute Gasteiger partial charge is 0.378 e. The molecule has 1 aliphatic heterocycles. The van der Waals surface area contributed by atoms with Gasteiger partial charge in [-0.1, -0.05) is 62.4 Å². The molecular weight excluding hydrogens is 420 g/mol. The van der Waals surface area contributed by atoms with Gasteiger partial charge in [0.25, 0.3) is 0 Å². The number of nitriles is 1. The molecular formula is C25H36N4O4. The minimum Gasteiger partial charge on any atom is -0.378 e. The number of hydrogen-bond acceptors (Lipinski definition) is 5. The molecule has 1 aromatic rings. The van der Waals surface area contributed by atoms with E-state index in [1.165, 1.54) is 6.42 Å². The summed E-state index contributed by atoms with van der Waals surface area (Å²) < 4.78 is 11.1. The number of benzene rings is 1. The van der Waals surface area contributed by atoms with Gasteiger partial charge in [-0.3, -0.25) is 4.79 Å². The van der Waals surface area contributed by atoms with Crippen molar-refractivity contribution in [3.05, 3.63) is 35.9 Å². The smallest absolute Gasteiger partial charge is 0.318 e. The van der Waals surface area contributed by atoms with Crippen molar-refractivity contribution in [3.63, 3.8) is 0 Å². The van der Waals surface area contributed by atoms with Gasteiger partial charge in [-0.2, -0.15) is 5.26 Å². The van der Waals surface area contributed by atoms with Gasteiger partial charge in [0.05, 0.1) is 32.5 Å². The highest BCUT2D eigenvalue weighted by Crippen LogP contribution is 2.27. The Kier molecular flexibility index (Phi) is 9.52. The predicted octanol–water partition coefficient (Wildman–Crippen LogP) is 2.98. The Morgan fingerprint density at radius 2 is 1.91 bits per heavy atom. The molecule has 2 aliphatic rings. The summed E-state index contributed by atoms with van der Waals surface area (Å²) in [7, 11) is 0. The molecule has 0 aromatic heterocycles. The van der Waals surface area contributed by atoms with Gasteiger partial charge in [-0.25, -0.2) is 4.79 Å². The third-order valence-electron chi connectivity index (χ3n) is 6.35. The van der Waals surface area contributed by atoms with Crippen LogP contribution in [0.15, 0.2) is 30.3 Å². The summed E-state index contributed by atoms with van der Waals surface area (Å²) in [6, 6.07) is 10.9. The Morgan fingerprint density at radius 1 is 1.21 bits per heavy atom. The fourth-order valence-corrected chi connectivity index (χ4v) is 4.40. The fourth-order valence-electron chi connectivity index (χ4n) is 4.40. The average Bonchev–Trinajstić information content (AvgIpc) is 2.85. The van der Waals surface area contributed by atoms with Gasteiger partial charge < -0.3 is 25.0 Å².